The molecule has 2 fully saturated rings. The second-order valence-electron chi connectivity index (χ2n) is 6.49. The Morgan fingerprint density at radius 2 is 2.30 bits per heavy atom. The maximum Gasteiger partial charge on any atom is 0.241 e. The van der Waals surface area contributed by atoms with Gasteiger partial charge >= 0.3 is 0 Å². The Balaban J connectivity index is 1.77. The number of ether oxygens (including phenoxy) is 1. The van der Waals surface area contributed by atoms with Gasteiger partial charge < -0.3 is 20.2 Å². The predicted molar refractivity (Wildman–Crippen MR) is 73.8 cm³/mol. The summed E-state index contributed by atoms with van der Waals surface area (Å²) in [6.07, 6.45) is 2.55. The number of furan rings is 1. The van der Waals surface area contributed by atoms with Crippen molar-refractivity contribution in [3.63, 3.8) is 0 Å². The summed E-state index contributed by atoms with van der Waals surface area (Å²) >= 11 is 0. The minimum Gasteiger partial charge on any atom is -0.467 e. The van der Waals surface area contributed by atoms with Gasteiger partial charge in [0, 0.05) is 17.9 Å². The second kappa shape index (κ2) is 4.33. The predicted octanol–water partition coefficient (Wildman–Crippen LogP) is 1.60. The van der Waals surface area contributed by atoms with Crippen LogP contribution in [0.2, 0.25) is 0 Å². The zero-order valence-electron chi connectivity index (χ0n) is 12.2. The quantitative estimate of drug-likeness (QED) is 0.880. The zero-order valence-corrected chi connectivity index (χ0v) is 12.2. The molecule has 1 saturated heterocycles. The van der Waals surface area contributed by atoms with Gasteiger partial charge in [-0.15, -0.1) is 0 Å². The summed E-state index contributed by atoms with van der Waals surface area (Å²) in [5, 5.41) is 2.98. The van der Waals surface area contributed by atoms with Crippen LogP contribution in [0.4, 0.5) is 0 Å². The number of nitrogens with one attached hydrogen (secondary N) is 1. The Bertz CT molecular complexity index is 511. The molecule has 0 spiro atoms. The van der Waals surface area contributed by atoms with Crippen LogP contribution in [0.15, 0.2) is 22.8 Å². The van der Waals surface area contributed by atoms with E-state index in [0.29, 0.717) is 6.61 Å². The van der Waals surface area contributed by atoms with Gasteiger partial charge in [-0.2, -0.15) is 0 Å². The third-order valence-corrected chi connectivity index (χ3v) is 5.15. The molecular weight excluding hydrogens is 256 g/mol. The monoisotopic (exact) mass is 278 g/mol. The highest BCUT2D eigenvalue weighted by Crippen LogP contribution is 2.58. The second-order valence-corrected chi connectivity index (χ2v) is 6.49. The number of carbonyl (C=O) groups excluding carboxylic acids is 1. The van der Waals surface area contributed by atoms with Crippen LogP contribution >= 0.6 is 0 Å². The summed E-state index contributed by atoms with van der Waals surface area (Å²) in [7, 11) is 0. The van der Waals surface area contributed by atoms with Crippen LogP contribution in [-0.2, 0) is 9.53 Å². The highest BCUT2D eigenvalue weighted by Gasteiger charge is 2.71. The van der Waals surface area contributed by atoms with Crippen molar-refractivity contribution >= 4 is 5.91 Å². The van der Waals surface area contributed by atoms with Crippen LogP contribution in [0.3, 0.4) is 0 Å². The molecule has 2 heterocycles. The molecule has 1 amide bonds. The lowest BCUT2D eigenvalue weighted by Gasteiger charge is -2.60. The maximum absolute atomic E-state index is 12.7. The number of amides is 1. The van der Waals surface area contributed by atoms with Crippen molar-refractivity contribution in [3.8, 4) is 0 Å². The third-order valence-electron chi connectivity index (χ3n) is 5.15. The average Bonchev–Trinajstić information content (AvgIpc) is 3.07. The molecule has 1 aromatic heterocycles. The molecule has 5 heteroatoms. The van der Waals surface area contributed by atoms with E-state index in [1.165, 1.54) is 0 Å². The van der Waals surface area contributed by atoms with Gasteiger partial charge in [-0.05, 0) is 25.5 Å². The molecule has 4 atom stereocenters. The fourth-order valence-electron chi connectivity index (χ4n) is 3.77. The topological polar surface area (TPSA) is 77.5 Å². The van der Waals surface area contributed by atoms with E-state index in [4.69, 9.17) is 14.9 Å². The summed E-state index contributed by atoms with van der Waals surface area (Å²) in [5.41, 5.74) is 5.28. The fraction of sp³-hybridized carbons (Fsp3) is 0.667. The van der Waals surface area contributed by atoms with Crippen molar-refractivity contribution in [3.05, 3.63) is 24.2 Å². The molecule has 0 aromatic carbocycles. The van der Waals surface area contributed by atoms with E-state index in [-0.39, 0.29) is 29.4 Å². The molecule has 1 aliphatic carbocycles. The largest absolute Gasteiger partial charge is 0.467 e. The molecule has 20 heavy (non-hydrogen) atoms. The van der Waals surface area contributed by atoms with Crippen molar-refractivity contribution in [2.24, 2.45) is 17.1 Å². The number of fused-ring (bicyclic) bond motifs is 1. The Morgan fingerprint density at radius 1 is 1.55 bits per heavy atom. The molecule has 1 saturated carbocycles. The lowest BCUT2D eigenvalue weighted by molar-refractivity contribution is -0.176. The molecule has 5 nitrogen and oxygen atoms in total. The number of hydrogen-bond donors (Lipinski definition) is 2. The van der Waals surface area contributed by atoms with Crippen molar-refractivity contribution < 1.29 is 13.9 Å². The van der Waals surface area contributed by atoms with Gasteiger partial charge in [0.05, 0.1) is 18.4 Å². The van der Waals surface area contributed by atoms with E-state index in [1.54, 1.807) is 6.26 Å². The minimum atomic E-state index is -0.866. The molecule has 4 unspecified atom stereocenters. The molecular formula is C15H22N2O3. The van der Waals surface area contributed by atoms with Gasteiger partial charge in [-0.25, -0.2) is 0 Å². The van der Waals surface area contributed by atoms with Crippen molar-refractivity contribution in [1.82, 2.24) is 5.32 Å². The number of nitrogens with two attached hydrogens (primary N) is 1. The summed E-state index contributed by atoms with van der Waals surface area (Å²) in [6, 6.07) is 3.47. The van der Waals surface area contributed by atoms with Crippen LogP contribution in [0.1, 0.15) is 39.0 Å². The fourth-order valence-corrected chi connectivity index (χ4v) is 3.77. The van der Waals surface area contributed by atoms with E-state index in [1.807, 2.05) is 32.9 Å². The first kappa shape index (κ1) is 13.6. The lowest BCUT2D eigenvalue weighted by Crippen LogP contribution is -2.80. The Kier molecular flexibility index (Phi) is 2.95. The van der Waals surface area contributed by atoms with Gasteiger partial charge in [0.2, 0.25) is 5.91 Å². The molecule has 1 aromatic rings. The molecule has 3 N–H and O–H groups in total. The summed E-state index contributed by atoms with van der Waals surface area (Å²) in [6.45, 7) is 6.61. The van der Waals surface area contributed by atoms with E-state index in [0.717, 1.165) is 12.2 Å². The van der Waals surface area contributed by atoms with E-state index >= 15 is 0 Å². The van der Waals surface area contributed by atoms with Gasteiger partial charge in [0.25, 0.3) is 0 Å². The van der Waals surface area contributed by atoms with Crippen LogP contribution in [0, 0.1) is 11.3 Å². The highest BCUT2D eigenvalue weighted by molar-refractivity contribution is 5.89. The first-order valence-corrected chi connectivity index (χ1v) is 7.14. The minimum absolute atomic E-state index is 0.0946. The van der Waals surface area contributed by atoms with Gasteiger partial charge in [-0.3, -0.25) is 4.79 Å². The van der Waals surface area contributed by atoms with Crippen LogP contribution in [-0.4, -0.2) is 24.2 Å². The molecule has 0 radical (unpaired) electrons. The van der Waals surface area contributed by atoms with Crippen LogP contribution < -0.4 is 11.1 Å². The summed E-state index contributed by atoms with van der Waals surface area (Å²) in [4.78, 5) is 12.7. The van der Waals surface area contributed by atoms with Gasteiger partial charge in [0.15, 0.2) is 0 Å². The first-order valence-electron chi connectivity index (χ1n) is 7.14. The maximum atomic E-state index is 12.7. The van der Waals surface area contributed by atoms with Gasteiger partial charge in [0.1, 0.15) is 11.3 Å². The summed E-state index contributed by atoms with van der Waals surface area (Å²) in [5.74, 6) is 0.734. The first-order chi connectivity index (χ1) is 9.39. The number of rotatable bonds is 3. The van der Waals surface area contributed by atoms with E-state index in [9.17, 15) is 4.79 Å². The molecule has 0 bridgehead atoms. The number of hydrogen-bond acceptors (Lipinski definition) is 4. The molecule has 110 valence electrons. The summed E-state index contributed by atoms with van der Waals surface area (Å²) < 4.78 is 11.0. The normalized spacial score (nSPS) is 36.0. The number of carbonyl (C=O) groups is 1. The Labute approximate surface area is 118 Å². The smallest absolute Gasteiger partial charge is 0.241 e. The highest BCUT2D eigenvalue weighted by atomic mass is 16.5. The third kappa shape index (κ3) is 1.59. The average molecular weight is 278 g/mol. The molecule has 3 rings (SSSR count). The SMILES string of the molecule is CC(NC(=O)C1(N)C2CCOC2C1(C)C)c1ccco1. The zero-order chi connectivity index (χ0) is 14.5. The van der Waals surface area contributed by atoms with Crippen molar-refractivity contribution in [2.45, 2.75) is 44.9 Å². The van der Waals surface area contributed by atoms with Crippen LogP contribution in [0.5, 0.6) is 0 Å². The van der Waals surface area contributed by atoms with Crippen molar-refractivity contribution in [2.75, 3.05) is 6.61 Å². The van der Waals surface area contributed by atoms with Crippen molar-refractivity contribution in [1.29, 1.82) is 0 Å². The standard InChI is InChI=1S/C15H22N2O3/c1-9(11-5-4-7-19-11)17-13(18)15(16)10-6-8-20-12(10)14(15,2)3/h4-5,7,9-10,12H,6,8,16H2,1-3H3,(H,17,18). The Hall–Kier alpha value is -1.33. The van der Waals surface area contributed by atoms with E-state index in [2.05, 4.69) is 5.32 Å². The molecule has 2 aliphatic rings. The van der Waals surface area contributed by atoms with Gasteiger partial charge in [-0.1, -0.05) is 13.8 Å². The molecule has 1 aliphatic heterocycles. The lowest BCUT2D eigenvalue weighted by atomic mass is 9.48. The Morgan fingerprint density at radius 3 is 2.95 bits per heavy atom. The van der Waals surface area contributed by atoms with Crippen LogP contribution in [0.25, 0.3) is 0 Å². The van der Waals surface area contributed by atoms with E-state index < -0.39 is 5.54 Å².